The molecule has 0 aromatic carbocycles. The summed E-state index contributed by atoms with van der Waals surface area (Å²) in [6, 6.07) is 3.19. The van der Waals surface area contributed by atoms with Crippen LogP contribution in [0.4, 0.5) is 19.4 Å². The third-order valence-corrected chi connectivity index (χ3v) is 3.97. The highest BCUT2D eigenvalue weighted by Crippen LogP contribution is 2.24. The Balaban J connectivity index is 1.69. The van der Waals surface area contributed by atoms with Crippen LogP contribution in [0.15, 0.2) is 30.6 Å². The van der Waals surface area contributed by atoms with E-state index in [1.54, 1.807) is 20.8 Å². The zero-order valence-electron chi connectivity index (χ0n) is 15.7. The van der Waals surface area contributed by atoms with Crippen molar-refractivity contribution >= 4 is 17.8 Å². The van der Waals surface area contributed by atoms with E-state index < -0.39 is 35.6 Å². The maximum Gasteiger partial charge on any atom is 0.411 e. The highest BCUT2D eigenvalue weighted by molar-refractivity contribution is 5.96. The number of halogens is 2. The summed E-state index contributed by atoms with van der Waals surface area (Å²) < 4.78 is 33.5. The average Bonchev–Trinajstić information content (AvgIpc) is 3.21. The van der Waals surface area contributed by atoms with Gasteiger partial charge < -0.3 is 10.1 Å². The number of nitrogens with zero attached hydrogens (tertiary/aromatic N) is 4. The molecule has 0 aliphatic carbocycles. The van der Waals surface area contributed by atoms with Crippen LogP contribution in [-0.4, -0.2) is 56.0 Å². The van der Waals surface area contributed by atoms with Crippen molar-refractivity contribution in [3.05, 3.63) is 36.4 Å². The van der Waals surface area contributed by atoms with Crippen molar-refractivity contribution in [2.75, 3.05) is 11.9 Å². The fraction of sp³-hybridized carbons (Fsp3) is 0.444. The summed E-state index contributed by atoms with van der Waals surface area (Å²) in [5.41, 5.74) is -0.757. The summed E-state index contributed by atoms with van der Waals surface area (Å²) in [7, 11) is 0. The Labute approximate surface area is 160 Å². The molecule has 0 bridgehead atoms. The van der Waals surface area contributed by atoms with Crippen molar-refractivity contribution in [1.29, 1.82) is 0 Å². The number of rotatable bonds is 3. The normalized spacial score (nSPS) is 19.5. The molecule has 2 aromatic heterocycles. The predicted molar refractivity (Wildman–Crippen MR) is 96.2 cm³/mol. The molecule has 0 unspecified atom stereocenters. The van der Waals surface area contributed by atoms with Gasteiger partial charge in [-0.25, -0.2) is 23.2 Å². The molecule has 10 heteroatoms. The first-order chi connectivity index (χ1) is 13.1. The minimum Gasteiger partial charge on any atom is -0.444 e. The summed E-state index contributed by atoms with van der Waals surface area (Å²) >= 11 is 0. The minimum atomic E-state index is -1.32. The number of alkyl halides is 1. The summed E-state index contributed by atoms with van der Waals surface area (Å²) in [4.78, 5) is 29.9. The molecule has 2 atom stereocenters. The van der Waals surface area contributed by atoms with Gasteiger partial charge in [0.25, 0.3) is 0 Å². The zero-order chi connectivity index (χ0) is 20.5. The fourth-order valence-electron chi connectivity index (χ4n) is 2.79. The lowest BCUT2D eigenvalue weighted by atomic mass is 10.2. The van der Waals surface area contributed by atoms with Crippen molar-refractivity contribution in [2.24, 2.45) is 0 Å². The Morgan fingerprint density at radius 1 is 1.29 bits per heavy atom. The van der Waals surface area contributed by atoms with Crippen LogP contribution >= 0.6 is 0 Å². The lowest BCUT2D eigenvalue weighted by molar-refractivity contribution is -0.120. The largest absolute Gasteiger partial charge is 0.444 e. The third kappa shape index (κ3) is 4.62. The van der Waals surface area contributed by atoms with Gasteiger partial charge in [-0.1, -0.05) is 0 Å². The quantitative estimate of drug-likeness (QED) is 0.866. The number of anilines is 1. The lowest BCUT2D eigenvalue weighted by Gasteiger charge is -2.27. The molecule has 1 saturated heterocycles. The number of carbonyl (C=O) groups is 2. The van der Waals surface area contributed by atoms with E-state index in [0.717, 1.165) is 11.1 Å². The Morgan fingerprint density at radius 3 is 2.68 bits per heavy atom. The molecule has 0 spiro atoms. The highest BCUT2D eigenvalue weighted by Gasteiger charge is 2.41. The molecule has 1 aliphatic heterocycles. The second-order valence-electron chi connectivity index (χ2n) is 7.45. The van der Waals surface area contributed by atoms with Gasteiger partial charge in [0, 0.05) is 18.7 Å². The van der Waals surface area contributed by atoms with E-state index in [1.165, 1.54) is 29.1 Å². The molecular formula is C18H21F2N5O3. The van der Waals surface area contributed by atoms with Gasteiger partial charge in [-0.15, -0.1) is 5.10 Å². The second-order valence-corrected chi connectivity index (χ2v) is 7.45. The van der Waals surface area contributed by atoms with Crippen LogP contribution in [0.3, 0.4) is 0 Å². The van der Waals surface area contributed by atoms with E-state index in [2.05, 4.69) is 15.4 Å². The molecule has 2 amide bonds. The molecule has 8 nitrogen and oxygen atoms in total. The summed E-state index contributed by atoms with van der Waals surface area (Å²) in [5, 5.41) is 6.71. The zero-order valence-corrected chi connectivity index (χ0v) is 15.7. The number of likely N-dealkylation sites (tertiary alicyclic amines) is 1. The summed E-state index contributed by atoms with van der Waals surface area (Å²) in [6.07, 6.45) is 0.408. The molecule has 3 rings (SSSR count). The molecule has 3 heterocycles. The first-order valence-corrected chi connectivity index (χ1v) is 8.74. The highest BCUT2D eigenvalue weighted by atomic mass is 19.1. The Kier molecular flexibility index (Phi) is 5.30. The third-order valence-electron chi connectivity index (χ3n) is 3.97. The van der Waals surface area contributed by atoms with Crippen LogP contribution in [0.1, 0.15) is 27.2 Å². The number of hydrogen-bond donors (Lipinski definition) is 1. The second kappa shape index (κ2) is 7.53. The molecule has 1 N–H and O–H groups in total. The van der Waals surface area contributed by atoms with Crippen molar-refractivity contribution < 1.29 is 23.1 Å². The van der Waals surface area contributed by atoms with E-state index >= 15 is 0 Å². The van der Waals surface area contributed by atoms with Gasteiger partial charge in [0.1, 0.15) is 23.6 Å². The molecule has 1 aliphatic rings. The van der Waals surface area contributed by atoms with Gasteiger partial charge in [0.2, 0.25) is 5.91 Å². The standard InChI is InChI=1S/C18H21F2N5O3/c1-18(2,3)28-17(27)24-10-12(20)8-13(24)16(26)22-14-6-7-25(23-14)15-5-4-11(19)9-21-15/h4-7,9,12-13H,8,10H2,1-3H3,(H,22,23,26)/t12-,13+/m1/s1. The van der Waals surface area contributed by atoms with Crippen molar-refractivity contribution in [3.63, 3.8) is 0 Å². The monoisotopic (exact) mass is 393 g/mol. The van der Waals surface area contributed by atoms with Gasteiger partial charge in [0.15, 0.2) is 11.6 Å². The van der Waals surface area contributed by atoms with Crippen LogP contribution in [-0.2, 0) is 9.53 Å². The number of amides is 2. The van der Waals surface area contributed by atoms with Gasteiger partial charge in [-0.3, -0.25) is 9.69 Å². The maximum atomic E-state index is 13.9. The van der Waals surface area contributed by atoms with Crippen molar-refractivity contribution in [3.8, 4) is 5.82 Å². The Hall–Kier alpha value is -3.04. The fourth-order valence-corrected chi connectivity index (χ4v) is 2.79. The van der Waals surface area contributed by atoms with Gasteiger partial charge >= 0.3 is 6.09 Å². The number of aromatic nitrogens is 3. The van der Waals surface area contributed by atoms with E-state index in [1.807, 2.05) is 0 Å². The predicted octanol–water partition coefficient (Wildman–Crippen LogP) is 2.69. The topological polar surface area (TPSA) is 89.4 Å². The van der Waals surface area contributed by atoms with Gasteiger partial charge in [-0.05, 0) is 32.9 Å². The van der Waals surface area contributed by atoms with E-state index in [-0.39, 0.29) is 18.8 Å². The van der Waals surface area contributed by atoms with Gasteiger partial charge in [0.05, 0.1) is 12.7 Å². The Morgan fingerprint density at radius 2 is 2.04 bits per heavy atom. The van der Waals surface area contributed by atoms with Crippen LogP contribution in [0.5, 0.6) is 0 Å². The summed E-state index contributed by atoms with van der Waals surface area (Å²) in [5.74, 6) is -0.485. The van der Waals surface area contributed by atoms with E-state index in [4.69, 9.17) is 4.74 Å². The first-order valence-electron chi connectivity index (χ1n) is 8.74. The Bertz CT molecular complexity index is 863. The smallest absolute Gasteiger partial charge is 0.411 e. The molecule has 0 saturated carbocycles. The molecule has 1 fully saturated rings. The number of nitrogens with one attached hydrogen (secondary N) is 1. The van der Waals surface area contributed by atoms with Crippen LogP contribution in [0.25, 0.3) is 5.82 Å². The molecule has 28 heavy (non-hydrogen) atoms. The molecule has 0 radical (unpaired) electrons. The van der Waals surface area contributed by atoms with Crippen LogP contribution in [0.2, 0.25) is 0 Å². The number of hydrogen-bond acceptors (Lipinski definition) is 5. The molecule has 150 valence electrons. The number of pyridine rings is 1. The molecular weight excluding hydrogens is 372 g/mol. The first kappa shape index (κ1) is 19.7. The van der Waals surface area contributed by atoms with Crippen molar-refractivity contribution in [1.82, 2.24) is 19.7 Å². The van der Waals surface area contributed by atoms with Crippen LogP contribution < -0.4 is 5.32 Å². The number of carbonyl (C=O) groups excluding carboxylic acids is 2. The number of ether oxygens (including phenoxy) is 1. The summed E-state index contributed by atoms with van der Waals surface area (Å²) in [6.45, 7) is 4.87. The lowest BCUT2D eigenvalue weighted by Crippen LogP contribution is -2.45. The van der Waals surface area contributed by atoms with E-state index in [9.17, 15) is 18.4 Å². The SMILES string of the molecule is CC(C)(C)OC(=O)N1C[C@H](F)C[C@H]1C(=O)Nc1ccn(-c2ccc(F)cn2)n1. The van der Waals surface area contributed by atoms with Crippen molar-refractivity contribution in [2.45, 2.75) is 45.0 Å². The minimum absolute atomic E-state index is 0.120. The maximum absolute atomic E-state index is 13.9. The van der Waals surface area contributed by atoms with Gasteiger partial charge in [-0.2, -0.15) is 0 Å². The molecule has 2 aromatic rings. The van der Waals surface area contributed by atoms with E-state index in [0.29, 0.717) is 5.82 Å². The average molecular weight is 393 g/mol. The van der Waals surface area contributed by atoms with Crippen LogP contribution in [0, 0.1) is 5.82 Å².